The van der Waals surface area contributed by atoms with Crippen LogP contribution in [0.25, 0.3) is 0 Å². The quantitative estimate of drug-likeness (QED) is 0.634. The Hall–Kier alpha value is -2.71. The SMILES string of the molecule is CCNS(=O)(=O)c1ccc(C)c(C(=O)NCC(=O)NCc2ccccc2)c1. The van der Waals surface area contributed by atoms with Crippen LogP contribution in [0.5, 0.6) is 0 Å². The van der Waals surface area contributed by atoms with E-state index >= 15 is 0 Å². The van der Waals surface area contributed by atoms with E-state index in [0.717, 1.165) is 5.56 Å². The van der Waals surface area contributed by atoms with Crippen molar-refractivity contribution in [2.24, 2.45) is 0 Å². The number of benzene rings is 2. The zero-order chi connectivity index (χ0) is 19.9. The molecule has 0 atom stereocenters. The molecule has 0 heterocycles. The second-order valence-electron chi connectivity index (χ2n) is 5.92. The van der Waals surface area contributed by atoms with Crippen LogP contribution in [0.3, 0.4) is 0 Å². The van der Waals surface area contributed by atoms with Gasteiger partial charge in [0.25, 0.3) is 5.91 Å². The summed E-state index contributed by atoms with van der Waals surface area (Å²) < 4.78 is 26.6. The van der Waals surface area contributed by atoms with Crippen molar-refractivity contribution in [2.45, 2.75) is 25.3 Å². The van der Waals surface area contributed by atoms with E-state index < -0.39 is 15.9 Å². The van der Waals surface area contributed by atoms with Crippen LogP contribution in [-0.2, 0) is 21.4 Å². The number of carbonyl (C=O) groups excluding carboxylic acids is 2. The largest absolute Gasteiger partial charge is 0.350 e. The molecule has 2 aromatic rings. The molecular weight excluding hydrogens is 366 g/mol. The molecule has 0 bridgehead atoms. The van der Waals surface area contributed by atoms with Gasteiger partial charge in [0.2, 0.25) is 15.9 Å². The van der Waals surface area contributed by atoms with E-state index in [4.69, 9.17) is 0 Å². The molecular formula is C19H23N3O4S. The molecule has 0 saturated carbocycles. The Morgan fingerprint density at radius 2 is 1.70 bits per heavy atom. The summed E-state index contributed by atoms with van der Waals surface area (Å²) in [6, 6.07) is 13.7. The predicted molar refractivity (Wildman–Crippen MR) is 103 cm³/mol. The van der Waals surface area contributed by atoms with E-state index in [1.165, 1.54) is 12.1 Å². The van der Waals surface area contributed by atoms with Gasteiger partial charge in [0.15, 0.2) is 0 Å². The second kappa shape index (κ2) is 9.29. The van der Waals surface area contributed by atoms with Gasteiger partial charge in [-0.25, -0.2) is 13.1 Å². The van der Waals surface area contributed by atoms with Gasteiger partial charge in [0.05, 0.1) is 11.4 Å². The first-order chi connectivity index (χ1) is 12.8. The Kier molecular flexibility index (Phi) is 7.09. The number of sulfonamides is 1. The maximum absolute atomic E-state index is 12.4. The van der Waals surface area contributed by atoms with Crippen LogP contribution in [0.4, 0.5) is 0 Å². The molecule has 0 radical (unpaired) electrons. The van der Waals surface area contributed by atoms with Crippen molar-refractivity contribution in [3.8, 4) is 0 Å². The summed E-state index contributed by atoms with van der Waals surface area (Å²) in [6.45, 7) is 3.79. The molecule has 0 aromatic heterocycles. The average molecular weight is 389 g/mol. The third-order valence-electron chi connectivity index (χ3n) is 3.84. The van der Waals surface area contributed by atoms with Gasteiger partial charge in [-0.3, -0.25) is 9.59 Å². The summed E-state index contributed by atoms with van der Waals surface area (Å²) in [4.78, 5) is 24.3. The Labute approximate surface area is 159 Å². The van der Waals surface area contributed by atoms with Gasteiger partial charge in [0, 0.05) is 18.7 Å². The first-order valence-corrected chi connectivity index (χ1v) is 10.0. The maximum Gasteiger partial charge on any atom is 0.252 e. The minimum atomic E-state index is -3.66. The number of rotatable bonds is 8. The van der Waals surface area contributed by atoms with Gasteiger partial charge >= 0.3 is 0 Å². The molecule has 144 valence electrons. The van der Waals surface area contributed by atoms with E-state index in [1.54, 1.807) is 19.9 Å². The zero-order valence-corrected chi connectivity index (χ0v) is 16.1. The zero-order valence-electron chi connectivity index (χ0n) is 15.3. The van der Waals surface area contributed by atoms with E-state index in [2.05, 4.69) is 15.4 Å². The molecule has 0 fully saturated rings. The number of hydrogen-bond donors (Lipinski definition) is 3. The van der Waals surface area contributed by atoms with Crippen molar-refractivity contribution in [1.29, 1.82) is 0 Å². The molecule has 7 nitrogen and oxygen atoms in total. The lowest BCUT2D eigenvalue weighted by Crippen LogP contribution is -2.37. The highest BCUT2D eigenvalue weighted by atomic mass is 32.2. The van der Waals surface area contributed by atoms with Gasteiger partial charge in [-0.15, -0.1) is 0 Å². The topological polar surface area (TPSA) is 104 Å². The van der Waals surface area contributed by atoms with Crippen LogP contribution in [0.1, 0.15) is 28.4 Å². The van der Waals surface area contributed by atoms with Crippen LogP contribution >= 0.6 is 0 Å². The highest BCUT2D eigenvalue weighted by Gasteiger charge is 2.17. The molecule has 2 amide bonds. The Balaban J connectivity index is 1.98. The van der Waals surface area contributed by atoms with E-state index in [1.807, 2.05) is 30.3 Å². The van der Waals surface area contributed by atoms with Gasteiger partial charge in [-0.1, -0.05) is 43.3 Å². The molecule has 2 rings (SSSR count). The summed E-state index contributed by atoms with van der Waals surface area (Å²) in [5, 5.41) is 5.23. The molecule has 0 spiro atoms. The maximum atomic E-state index is 12.4. The van der Waals surface area contributed by atoms with E-state index in [0.29, 0.717) is 12.1 Å². The van der Waals surface area contributed by atoms with Crippen molar-refractivity contribution in [1.82, 2.24) is 15.4 Å². The van der Waals surface area contributed by atoms with Gasteiger partial charge in [0.1, 0.15) is 0 Å². The lowest BCUT2D eigenvalue weighted by molar-refractivity contribution is -0.120. The monoisotopic (exact) mass is 389 g/mol. The molecule has 8 heteroatoms. The summed E-state index contributed by atoms with van der Waals surface area (Å²) in [5.74, 6) is -0.836. The minimum Gasteiger partial charge on any atom is -0.350 e. The fourth-order valence-corrected chi connectivity index (χ4v) is 3.47. The highest BCUT2D eigenvalue weighted by Crippen LogP contribution is 2.15. The van der Waals surface area contributed by atoms with Gasteiger partial charge < -0.3 is 10.6 Å². The lowest BCUT2D eigenvalue weighted by atomic mass is 10.1. The highest BCUT2D eigenvalue weighted by molar-refractivity contribution is 7.89. The molecule has 0 aliphatic heterocycles. The Morgan fingerprint density at radius 3 is 2.37 bits per heavy atom. The van der Waals surface area contributed by atoms with Crippen molar-refractivity contribution in [3.63, 3.8) is 0 Å². The summed E-state index contributed by atoms with van der Waals surface area (Å²) in [6.07, 6.45) is 0. The number of nitrogens with one attached hydrogen (secondary N) is 3. The molecule has 0 saturated heterocycles. The second-order valence-corrected chi connectivity index (χ2v) is 7.69. The first-order valence-electron chi connectivity index (χ1n) is 8.52. The van der Waals surface area contributed by atoms with Gasteiger partial charge in [-0.05, 0) is 30.2 Å². The third kappa shape index (κ3) is 5.90. The first kappa shape index (κ1) is 20.6. The van der Waals surface area contributed by atoms with Crippen LogP contribution < -0.4 is 15.4 Å². The lowest BCUT2D eigenvalue weighted by Gasteiger charge is -2.11. The van der Waals surface area contributed by atoms with Gasteiger partial charge in [-0.2, -0.15) is 0 Å². The summed E-state index contributed by atoms with van der Waals surface area (Å²) >= 11 is 0. The number of amides is 2. The van der Waals surface area contributed by atoms with Crippen molar-refractivity contribution >= 4 is 21.8 Å². The number of aryl methyl sites for hydroxylation is 1. The third-order valence-corrected chi connectivity index (χ3v) is 5.38. The standard InChI is InChI=1S/C19H23N3O4S/c1-3-22-27(25,26)16-10-9-14(2)17(11-16)19(24)21-13-18(23)20-12-15-7-5-4-6-8-15/h4-11,22H,3,12-13H2,1-2H3,(H,20,23)(H,21,24). The summed E-state index contributed by atoms with van der Waals surface area (Å²) in [5.41, 5.74) is 1.78. The summed E-state index contributed by atoms with van der Waals surface area (Å²) in [7, 11) is -3.66. The molecule has 27 heavy (non-hydrogen) atoms. The Bertz CT molecular complexity index is 912. The Morgan fingerprint density at radius 1 is 1.00 bits per heavy atom. The van der Waals surface area contributed by atoms with Crippen LogP contribution in [0, 0.1) is 6.92 Å². The van der Waals surface area contributed by atoms with Crippen molar-refractivity contribution in [2.75, 3.05) is 13.1 Å². The fraction of sp³-hybridized carbons (Fsp3) is 0.263. The smallest absolute Gasteiger partial charge is 0.252 e. The van der Waals surface area contributed by atoms with E-state index in [-0.39, 0.29) is 29.5 Å². The minimum absolute atomic E-state index is 0.00799. The normalized spacial score (nSPS) is 11.0. The fourth-order valence-electron chi connectivity index (χ4n) is 2.40. The van der Waals surface area contributed by atoms with Crippen LogP contribution in [-0.4, -0.2) is 33.3 Å². The van der Waals surface area contributed by atoms with Crippen molar-refractivity contribution < 1.29 is 18.0 Å². The van der Waals surface area contributed by atoms with Crippen LogP contribution in [0.15, 0.2) is 53.4 Å². The number of hydrogen-bond acceptors (Lipinski definition) is 4. The van der Waals surface area contributed by atoms with E-state index in [9.17, 15) is 18.0 Å². The number of carbonyl (C=O) groups is 2. The van der Waals surface area contributed by atoms with Crippen molar-refractivity contribution in [3.05, 3.63) is 65.2 Å². The molecule has 0 unspecified atom stereocenters. The average Bonchev–Trinajstić information content (AvgIpc) is 2.65. The molecule has 0 aliphatic rings. The molecule has 3 N–H and O–H groups in total. The molecule has 0 aliphatic carbocycles. The molecule has 2 aromatic carbocycles. The van der Waals surface area contributed by atoms with Crippen LogP contribution in [0.2, 0.25) is 0 Å². The predicted octanol–water partition coefficient (Wildman–Crippen LogP) is 1.34.